The topological polar surface area (TPSA) is 105 Å². The lowest BCUT2D eigenvalue weighted by Crippen LogP contribution is -2.53. The number of amides is 2. The van der Waals surface area contributed by atoms with E-state index in [0.717, 1.165) is 9.87 Å². The third-order valence-electron chi connectivity index (χ3n) is 6.35. The van der Waals surface area contributed by atoms with E-state index in [1.807, 2.05) is 33.8 Å². The van der Waals surface area contributed by atoms with Gasteiger partial charge in [-0.25, -0.2) is 8.42 Å². The molecule has 0 saturated heterocycles. The number of sulfonamides is 1. The summed E-state index contributed by atoms with van der Waals surface area (Å²) in [6.07, 6.45) is 0.339. The summed E-state index contributed by atoms with van der Waals surface area (Å²) in [5.41, 5.74) is 1.07. The van der Waals surface area contributed by atoms with E-state index < -0.39 is 28.5 Å². The van der Waals surface area contributed by atoms with Crippen LogP contribution in [-0.2, 0) is 26.2 Å². The summed E-state index contributed by atoms with van der Waals surface area (Å²) >= 11 is 0. The van der Waals surface area contributed by atoms with Gasteiger partial charge in [0.2, 0.25) is 11.8 Å². The molecule has 3 aromatic carbocycles. The second-order valence-corrected chi connectivity index (χ2v) is 11.6. The first-order chi connectivity index (χ1) is 19.6. The molecule has 220 valence electrons. The molecule has 3 rings (SSSR count). The molecule has 1 atom stereocenters. The number of nitrogens with one attached hydrogen (secondary N) is 1. The van der Waals surface area contributed by atoms with E-state index in [9.17, 15) is 18.0 Å². The highest BCUT2D eigenvalue weighted by atomic mass is 32.2. The molecule has 41 heavy (non-hydrogen) atoms. The van der Waals surface area contributed by atoms with Crippen LogP contribution in [0.4, 0.5) is 5.69 Å². The van der Waals surface area contributed by atoms with Crippen molar-refractivity contribution in [3.63, 3.8) is 0 Å². The molecule has 0 aliphatic carbocycles. The molecule has 0 heterocycles. The number of nitrogens with zero attached hydrogens (tertiary/aromatic N) is 2. The van der Waals surface area contributed by atoms with Gasteiger partial charge >= 0.3 is 0 Å². The summed E-state index contributed by atoms with van der Waals surface area (Å²) in [6.45, 7) is 7.39. The summed E-state index contributed by atoms with van der Waals surface area (Å²) in [5, 5.41) is 2.89. The van der Waals surface area contributed by atoms with Gasteiger partial charge in [-0.05, 0) is 81.3 Å². The Morgan fingerprint density at radius 1 is 0.902 bits per heavy atom. The fourth-order valence-electron chi connectivity index (χ4n) is 4.39. The molecule has 0 spiro atoms. The van der Waals surface area contributed by atoms with Crippen molar-refractivity contribution >= 4 is 27.5 Å². The summed E-state index contributed by atoms with van der Waals surface area (Å²) in [6, 6.07) is 20.8. The number of rotatable bonds is 14. The predicted molar refractivity (Wildman–Crippen MR) is 159 cm³/mol. The molecule has 10 heteroatoms. The number of benzene rings is 3. The van der Waals surface area contributed by atoms with Crippen LogP contribution in [0.2, 0.25) is 0 Å². The van der Waals surface area contributed by atoms with Crippen molar-refractivity contribution in [1.29, 1.82) is 0 Å². The molecule has 0 aliphatic heterocycles. The molecule has 0 radical (unpaired) electrons. The van der Waals surface area contributed by atoms with Crippen LogP contribution in [0.15, 0.2) is 83.8 Å². The molecule has 3 aromatic rings. The van der Waals surface area contributed by atoms with E-state index in [1.165, 1.54) is 17.0 Å². The van der Waals surface area contributed by atoms with E-state index in [-0.39, 0.29) is 23.4 Å². The van der Waals surface area contributed by atoms with Gasteiger partial charge in [0.1, 0.15) is 24.1 Å². The maximum atomic E-state index is 14.1. The second-order valence-electron chi connectivity index (χ2n) is 9.71. The van der Waals surface area contributed by atoms with Crippen LogP contribution in [-0.4, -0.2) is 57.5 Å². The lowest BCUT2D eigenvalue weighted by Gasteiger charge is -2.33. The number of carbonyl (C=O) groups excluding carboxylic acids is 2. The normalized spacial score (nSPS) is 12.0. The SMILES string of the molecule is CCOc1ccc(S(=O)(=O)N(CC(=O)N(Cc2cccc(OC)c2)[C@@H](CC)C(=O)NC(C)C)c2ccccc2)cc1. The lowest BCUT2D eigenvalue weighted by atomic mass is 10.1. The van der Waals surface area contributed by atoms with Gasteiger partial charge in [0.05, 0.1) is 24.3 Å². The number of methoxy groups -OCH3 is 1. The third-order valence-corrected chi connectivity index (χ3v) is 8.14. The van der Waals surface area contributed by atoms with Gasteiger partial charge in [0.15, 0.2) is 0 Å². The molecule has 0 fully saturated rings. The first-order valence-electron chi connectivity index (χ1n) is 13.6. The summed E-state index contributed by atoms with van der Waals surface area (Å²) in [4.78, 5) is 28.8. The van der Waals surface area contributed by atoms with Crippen molar-refractivity contribution < 1.29 is 27.5 Å². The monoisotopic (exact) mass is 581 g/mol. The number of para-hydroxylation sites is 1. The highest BCUT2D eigenvalue weighted by Crippen LogP contribution is 2.26. The molecule has 9 nitrogen and oxygen atoms in total. The van der Waals surface area contributed by atoms with Gasteiger partial charge in [-0.3, -0.25) is 13.9 Å². The quantitative estimate of drug-likeness (QED) is 0.298. The highest BCUT2D eigenvalue weighted by Gasteiger charge is 2.33. The number of ether oxygens (including phenoxy) is 2. The predicted octanol–water partition coefficient (Wildman–Crippen LogP) is 4.62. The molecular formula is C31H39N3O6S. The number of hydrogen-bond acceptors (Lipinski definition) is 6. The summed E-state index contributed by atoms with van der Waals surface area (Å²) in [7, 11) is -2.61. The standard InChI is InChI=1S/C31H39N3O6S/c1-6-29(31(36)32-23(3)4)33(21-24-12-11-15-27(20-24)39-5)30(35)22-34(25-13-9-8-10-14-25)41(37,38)28-18-16-26(17-19-28)40-7-2/h8-20,23,29H,6-7,21-22H2,1-5H3,(H,32,36)/t29-/m0/s1. The van der Waals surface area contributed by atoms with E-state index in [0.29, 0.717) is 30.2 Å². The van der Waals surface area contributed by atoms with E-state index >= 15 is 0 Å². The number of hydrogen-bond donors (Lipinski definition) is 1. The van der Waals surface area contributed by atoms with Gasteiger partial charge in [0, 0.05) is 12.6 Å². The fraction of sp³-hybridized carbons (Fsp3) is 0.355. The molecule has 0 saturated carbocycles. The van der Waals surface area contributed by atoms with Crippen LogP contribution in [0.1, 0.15) is 39.7 Å². The van der Waals surface area contributed by atoms with Crippen molar-refractivity contribution in [3.8, 4) is 11.5 Å². The second kappa shape index (κ2) is 14.5. The van der Waals surface area contributed by atoms with Crippen molar-refractivity contribution in [2.24, 2.45) is 0 Å². The van der Waals surface area contributed by atoms with E-state index in [2.05, 4.69) is 5.32 Å². The minimum absolute atomic E-state index is 0.0153. The number of carbonyl (C=O) groups is 2. The van der Waals surface area contributed by atoms with Crippen LogP contribution in [0, 0.1) is 0 Å². The minimum Gasteiger partial charge on any atom is -0.497 e. The average Bonchev–Trinajstić information content (AvgIpc) is 2.96. The maximum Gasteiger partial charge on any atom is 0.264 e. The van der Waals surface area contributed by atoms with Gasteiger partial charge in [-0.1, -0.05) is 37.3 Å². The molecular weight excluding hydrogens is 542 g/mol. The molecule has 1 N–H and O–H groups in total. The minimum atomic E-state index is -4.16. The Kier molecular flexibility index (Phi) is 11.2. The lowest BCUT2D eigenvalue weighted by molar-refractivity contribution is -0.140. The van der Waals surface area contributed by atoms with Crippen LogP contribution < -0.4 is 19.1 Å². The molecule has 0 aliphatic rings. The van der Waals surface area contributed by atoms with Crippen molar-refractivity contribution in [3.05, 3.63) is 84.4 Å². The van der Waals surface area contributed by atoms with Gasteiger partial charge in [0.25, 0.3) is 10.0 Å². The number of anilines is 1. The first-order valence-corrected chi connectivity index (χ1v) is 15.1. The van der Waals surface area contributed by atoms with E-state index in [1.54, 1.807) is 67.8 Å². The van der Waals surface area contributed by atoms with Crippen molar-refractivity contribution in [2.45, 2.75) is 57.6 Å². The molecule has 0 unspecified atom stereocenters. The smallest absolute Gasteiger partial charge is 0.264 e. The van der Waals surface area contributed by atoms with Crippen LogP contribution in [0.25, 0.3) is 0 Å². The Hall–Kier alpha value is -4.05. The van der Waals surface area contributed by atoms with Crippen molar-refractivity contribution in [2.75, 3.05) is 24.6 Å². The largest absolute Gasteiger partial charge is 0.497 e. The Morgan fingerprint density at radius 3 is 2.17 bits per heavy atom. The molecule has 2 amide bonds. The van der Waals surface area contributed by atoms with Gasteiger partial charge in [-0.15, -0.1) is 0 Å². The zero-order valence-corrected chi connectivity index (χ0v) is 25.1. The summed E-state index contributed by atoms with van der Waals surface area (Å²) < 4.78 is 39.8. The Morgan fingerprint density at radius 2 is 1.59 bits per heavy atom. The first kappa shape index (κ1) is 31.5. The van der Waals surface area contributed by atoms with Gasteiger partial charge < -0.3 is 19.7 Å². The van der Waals surface area contributed by atoms with Crippen molar-refractivity contribution in [1.82, 2.24) is 10.2 Å². The Labute approximate surface area is 243 Å². The van der Waals surface area contributed by atoms with E-state index in [4.69, 9.17) is 9.47 Å². The Balaban J connectivity index is 2.03. The fourth-order valence-corrected chi connectivity index (χ4v) is 5.81. The zero-order chi connectivity index (χ0) is 30.0. The third kappa shape index (κ3) is 8.23. The molecule has 0 bridgehead atoms. The van der Waals surface area contributed by atoms with Crippen LogP contribution in [0.3, 0.4) is 0 Å². The Bertz CT molecular complexity index is 1390. The summed E-state index contributed by atoms with van der Waals surface area (Å²) in [5.74, 6) is 0.329. The highest BCUT2D eigenvalue weighted by molar-refractivity contribution is 7.92. The molecule has 0 aromatic heterocycles. The zero-order valence-electron chi connectivity index (χ0n) is 24.2. The van der Waals surface area contributed by atoms with Crippen LogP contribution >= 0.6 is 0 Å². The maximum absolute atomic E-state index is 14.1. The van der Waals surface area contributed by atoms with Crippen LogP contribution in [0.5, 0.6) is 11.5 Å². The average molecular weight is 582 g/mol. The van der Waals surface area contributed by atoms with Gasteiger partial charge in [-0.2, -0.15) is 0 Å².